The molecule has 4 rings (SSSR count). The lowest BCUT2D eigenvalue weighted by Crippen LogP contribution is -2.45. The van der Waals surface area contributed by atoms with Crippen LogP contribution in [0.1, 0.15) is 49.5 Å². The summed E-state index contributed by atoms with van der Waals surface area (Å²) in [7, 11) is 0. The largest absolute Gasteiger partial charge is 0.376 e. The van der Waals surface area contributed by atoms with Gasteiger partial charge in [0.1, 0.15) is 0 Å². The minimum Gasteiger partial charge on any atom is -0.376 e. The number of amides is 3. The first kappa shape index (κ1) is 22.7. The molecule has 1 aromatic carbocycles. The quantitative estimate of drug-likeness (QED) is 0.541. The molecule has 2 aromatic rings. The van der Waals surface area contributed by atoms with Gasteiger partial charge in [-0.3, -0.25) is 19.3 Å². The highest BCUT2D eigenvalue weighted by Crippen LogP contribution is 2.41. The zero-order chi connectivity index (χ0) is 22.6. The molecule has 170 valence electrons. The maximum absolute atomic E-state index is 13.7. The van der Waals surface area contributed by atoms with Crippen molar-refractivity contribution in [2.75, 3.05) is 19.7 Å². The fraction of sp³-hybridized carbons (Fsp3) is 0.480. The van der Waals surface area contributed by atoms with Crippen LogP contribution in [0.25, 0.3) is 0 Å². The zero-order valence-corrected chi connectivity index (χ0v) is 19.3. The van der Waals surface area contributed by atoms with E-state index in [1.54, 1.807) is 0 Å². The molecule has 1 aromatic heterocycles. The number of hydrogen-bond acceptors (Lipinski definition) is 5. The number of carbonyl (C=O) groups is 3. The molecule has 0 radical (unpaired) electrons. The van der Waals surface area contributed by atoms with E-state index < -0.39 is 5.41 Å². The van der Waals surface area contributed by atoms with Crippen molar-refractivity contribution < 1.29 is 19.1 Å². The molecule has 0 N–H and O–H groups in total. The molecule has 2 aliphatic heterocycles. The highest BCUT2D eigenvalue weighted by molar-refractivity contribution is 7.09. The van der Waals surface area contributed by atoms with Crippen LogP contribution in [0, 0.1) is 0 Å². The van der Waals surface area contributed by atoms with Crippen LogP contribution in [-0.2, 0) is 31.1 Å². The third-order valence-corrected chi connectivity index (χ3v) is 7.24. The number of carbonyl (C=O) groups excluding carboxylic acids is 3. The average Bonchev–Trinajstić information content (AvgIpc) is 3.54. The summed E-state index contributed by atoms with van der Waals surface area (Å²) in [5.41, 5.74) is -0.427. The van der Waals surface area contributed by atoms with E-state index in [1.165, 1.54) is 16.2 Å². The summed E-state index contributed by atoms with van der Waals surface area (Å²) in [5.74, 6) is -0.587. The molecule has 0 aliphatic carbocycles. The van der Waals surface area contributed by atoms with E-state index in [-0.39, 0.29) is 43.2 Å². The van der Waals surface area contributed by atoms with Gasteiger partial charge in [0.15, 0.2) is 0 Å². The smallest absolute Gasteiger partial charge is 0.241 e. The summed E-state index contributed by atoms with van der Waals surface area (Å²) in [6.45, 7) is 4.18. The molecule has 2 saturated heterocycles. The highest BCUT2D eigenvalue weighted by atomic mass is 32.1. The first-order valence-corrected chi connectivity index (χ1v) is 12.2. The first-order chi connectivity index (χ1) is 15.5. The second kappa shape index (κ2) is 9.96. The third kappa shape index (κ3) is 4.64. The SMILES string of the molecule is CCCN(C[C@H]1CCCO1)C(=O)C[C@@]1(c2ccccc2)CC(=O)N(Cc2cccs2)C1=O. The minimum absolute atomic E-state index is 0.00472. The number of rotatable bonds is 9. The van der Waals surface area contributed by atoms with Gasteiger partial charge in [0.25, 0.3) is 0 Å². The van der Waals surface area contributed by atoms with Gasteiger partial charge in [-0.15, -0.1) is 11.3 Å². The summed E-state index contributed by atoms with van der Waals surface area (Å²) in [5, 5.41) is 1.93. The van der Waals surface area contributed by atoms with Crippen molar-refractivity contribution in [2.24, 2.45) is 0 Å². The Balaban J connectivity index is 1.61. The maximum Gasteiger partial charge on any atom is 0.241 e. The molecule has 7 heteroatoms. The second-order valence-corrected chi connectivity index (χ2v) is 9.67. The Labute approximate surface area is 193 Å². The molecule has 2 fully saturated rings. The number of hydrogen-bond donors (Lipinski definition) is 0. The van der Waals surface area contributed by atoms with Crippen LogP contribution in [0.15, 0.2) is 47.8 Å². The molecule has 32 heavy (non-hydrogen) atoms. The second-order valence-electron chi connectivity index (χ2n) is 8.64. The van der Waals surface area contributed by atoms with Gasteiger partial charge < -0.3 is 9.64 Å². The highest BCUT2D eigenvalue weighted by Gasteiger charge is 2.54. The fourth-order valence-corrected chi connectivity index (χ4v) is 5.43. The topological polar surface area (TPSA) is 66.9 Å². The van der Waals surface area contributed by atoms with Crippen LogP contribution in [-0.4, -0.2) is 53.3 Å². The van der Waals surface area contributed by atoms with Crippen molar-refractivity contribution in [3.63, 3.8) is 0 Å². The molecule has 3 heterocycles. The van der Waals surface area contributed by atoms with E-state index in [4.69, 9.17) is 4.74 Å². The zero-order valence-electron chi connectivity index (χ0n) is 18.5. The predicted molar refractivity (Wildman–Crippen MR) is 123 cm³/mol. The van der Waals surface area contributed by atoms with E-state index in [9.17, 15) is 14.4 Å². The minimum atomic E-state index is -1.16. The molecule has 6 nitrogen and oxygen atoms in total. The molecule has 3 amide bonds. The molecule has 0 bridgehead atoms. The van der Waals surface area contributed by atoms with Gasteiger partial charge in [0.2, 0.25) is 17.7 Å². The number of thiophene rings is 1. The third-order valence-electron chi connectivity index (χ3n) is 6.38. The molecule has 0 unspecified atom stereocenters. The lowest BCUT2D eigenvalue weighted by atomic mass is 9.75. The number of nitrogens with zero attached hydrogens (tertiary/aromatic N) is 2. The van der Waals surface area contributed by atoms with E-state index in [0.717, 1.165) is 36.3 Å². The molecule has 2 aliphatic rings. The average molecular weight is 455 g/mol. The standard InChI is InChI=1S/C25H30N2O4S/c1-2-12-26(17-20-10-6-13-31-20)22(28)15-25(19-8-4-3-5-9-19)16-23(29)27(24(25)30)18-21-11-7-14-32-21/h3-5,7-9,11,14,20H,2,6,10,12-13,15-18H2,1H3/t20-,25+/m1/s1. The monoisotopic (exact) mass is 454 g/mol. The van der Waals surface area contributed by atoms with Crippen molar-refractivity contribution in [3.8, 4) is 0 Å². The van der Waals surface area contributed by atoms with Crippen LogP contribution in [0.3, 0.4) is 0 Å². The summed E-state index contributed by atoms with van der Waals surface area (Å²) in [6.07, 6.45) is 2.85. The van der Waals surface area contributed by atoms with Crippen molar-refractivity contribution in [1.29, 1.82) is 0 Å². The Hall–Kier alpha value is -2.51. The number of ether oxygens (including phenoxy) is 1. The Bertz CT molecular complexity index is 940. The van der Waals surface area contributed by atoms with E-state index in [2.05, 4.69) is 0 Å². The number of likely N-dealkylation sites (tertiary alicyclic amines) is 1. The normalized spacial score (nSPS) is 23.2. The van der Waals surface area contributed by atoms with Gasteiger partial charge in [-0.05, 0) is 36.3 Å². The maximum atomic E-state index is 13.7. The van der Waals surface area contributed by atoms with Crippen LogP contribution in [0.4, 0.5) is 0 Å². The van der Waals surface area contributed by atoms with Gasteiger partial charge in [0.05, 0.1) is 18.1 Å². The molecule has 0 spiro atoms. The van der Waals surface area contributed by atoms with Crippen molar-refractivity contribution in [3.05, 3.63) is 58.3 Å². The van der Waals surface area contributed by atoms with E-state index in [1.807, 2.05) is 59.7 Å². The van der Waals surface area contributed by atoms with Gasteiger partial charge in [-0.1, -0.05) is 43.3 Å². The lowest BCUT2D eigenvalue weighted by molar-refractivity contribution is -0.143. The predicted octanol–water partition coefficient (Wildman–Crippen LogP) is 3.75. The van der Waals surface area contributed by atoms with Gasteiger partial charge >= 0.3 is 0 Å². The first-order valence-electron chi connectivity index (χ1n) is 11.4. The van der Waals surface area contributed by atoms with Crippen molar-refractivity contribution >= 4 is 29.1 Å². The number of imide groups is 1. The Morgan fingerprint density at radius 3 is 2.69 bits per heavy atom. The fourth-order valence-electron chi connectivity index (χ4n) is 4.73. The Morgan fingerprint density at radius 1 is 1.22 bits per heavy atom. The summed E-state index contributed by atoms with van der Waals surface area (Å²) in [4.78, 5) is 44.4. The van der Waals surface area contributed by atoms with Crippen LogP contribution < -0.4 is 0 Å². The van der Waals surface area contributed by atoms with E-state index in [0.29, 0.717) is 13.1 Å². The Kier molecular flexibility index (Phi) is 7.06. The lowest BCUT2D eigenvalue weighted by Gasteiger charge is -2.31. The number of benzene rings is 1. The Morgan fingerprint density at radius 2 is 2.03 bits per heavy atom. The van der Waals surface area contributed by atoms with Gasteiger partial charge in [-0.25, -0.2) is 0 Å². The van der Waals surface area contributed by atoms with Crippen molar-refractivity contribution in [2.45, 2.75) is 57.1 Å². The summed E-state index contributed by atoms with van der Waals surface area (Å²) >= 11 is 1.52. The van der Waals surface area contributed by atoms with E-state index >= 15 is 0 Å². The van der Waals surface area contributed by atoms with Crippen LogP contribution >= 0.6 is 11.3 Å². The van der Waals surface area contributed by atoms with Crippen LogP contribution in [0.5, 0.6) is 0 Å². The molecular weight excluding hydrogens is 424 g/mol. The molecule has 0 saturated carbocycles. The van der Waals surface area contributed by atoms with Crippen LogP contribution in [0.2, 0.25) is 0 Å². The molecular formula is C25H30N2O4S. The van der Waals surface area contributed by atoms with Crippen molar-refractivity contribution in [1.82, 2.24) is 9.80 Å². The summed E-state index contributed by atoms with van der Waals surface area (Å²) in [6, 6.07) is 13.1. The summed E-state index contributed by atoms with van der Waals surface area (Å²) < 4.78 is 5.75. The van der Waals surface area contributed by atoms with Gasteiger partial charge in [-0.2, -0.15) is 0 Å². The van der Waals surface area contributed by atoms with Gasteiger partial charge in [0, 0.05) is 37.4 Å². The molecule has 2 atom stereocenters.